The lowest BCUT2D eigenvalue weighted by atomic mass is 10.2. The van der Waals surface area contributed by atoms with Crippen LogP contribution in [0.2, 0.25) is 0 Å². The first kappa shape index (κ1) is 7.72. The number of rotatable bonds is 1. The number of phenolic OH excluding ortho intramolecular Hbond substituents is 2. The van der Waals surface area contributed by atoms with Gasteiger partial charge in [-0.05, 0) is 18.6 Å². The van der Waals surface area contributed by atoms with E-state index in [1.165, 1.54) is 13.2 Å². The molecule has 0 bridgehead atoms. The molecule has 0 aliphatic carbocycles. The van der Waals surface area contributed by atoms with Gasteiger partial charge in [0, 0.05) is 6.07 Å². The van der Waals surface area contributed by atoms with Crippen molar-refractivity contribution in [2.75, 3.05) is 7.11 Å². The summed E-state index contributed by atoms with van der Waals surface area (Å²) in [6.07, 6.45) is 0. The molecule has 1 aromatic rings. The average Bonchev–Trinajstić information content (AvgIpc) is 1.99. The van der Waals surface area contributed by atoms with E-state index in [9.17, 15) is 0 Å². The molecular formula is C8H10O3. The van der Waals surface area contributed by atoms with E-state index < -0.39 is 0 Å². The van der Waals surface area contributed by atoms with Gasteiger partial charge < -0.3 is 14.9 Å². The minimum atomic E-state index is -0.151. The highest BCUT2D eigenvalue weighted by atomic mass is 16.5. The molecule has 0 spiro atoms. The Morgan fingerprint density at radius 3 is 2.36 bits per heavy atom. The van der Waals surface area contributed by atoms with Crippen molar-refractivity contribution in [3.8, 4) is 17.2 Å². The molecule has 0 fully saturated rings. The minimum Gasteiger partial charge on any atom is -0.504 e. The number of aromatic hydroxyl groups is 2. The van der Waals surface area contributed by atoms with Crippen LogP contribution in [0.1, 0.15) is 5.56 Å². The van der Waals surface area contributed by atoms with Crippen LogP contribution >= 0.6 is 0 Å². The number of aryl methyl sites for hydroxylation is 1. The Kier molecular flexibility index (Phi) is 1.89. The number of methoxy groups -OCH3 is 1. The summed E-state index contributed by atoms with van der Waals surface area (Å²) in [7, 11) is 1.51. The van der Waals surface area contributed by atoms with Gasteiger partial charge in [-0.2, -0.15) is 0 Å². The maximum atomic E-state index is 9.12. The summed E-state index contributed by atoms with van der Waals surface area (Å²) in [5, 5.41) is 18.2. The Hall–Kier alpha value is -1.38. The Morgan fingerprint density at radius 1 is 1.27 bits per heavy atom. The summed E-state index contributed by atoms with van der Waals surface area (Å²) in [6, 6.07) is 3.01. The molecule has 0 saturated heterocycles. The second-order valence-corrected chi connectivity index (χ2v) is 2.31. The molecule has 1 aromatic carbocycles. The molecule has 0 aliphatic heterocycles. The molecule has 0 aromatic heterocycles. The van der Waals surface area contributed by atoms with E-state index in [0.717, 1.165) is 0 Å². The molecule has 0 radical (unpaired) electrons. The number of hydrogen-bond acceptors (Lipinski definition) is 3. The second-order valence-electron chi connectivity index (χ2n) is 2.31. The Bertz CT molecular complexity index is 245. The molecule has 0 heterocycles. The first-order valence-electron chi connectivity index (χ1n) is 3.21. The van der Waals surface area contributed by atoms with Crippen molar-refractivity contribution in [3.63, 3.8) is 0 Å². The van der Waals surface area contributed by atoms with Crippen molar-refractivity contribution in [2.45, 2.75) is 6.92 Å². The predicted octanol–water partition coefficient (Wildman–Crippen LogP) is 1.41. The van der Waals surface area contributed by atoms with Crippen molar-refractivity contribution in [2.24, 2.45) is 0 Å². The number of hydrogen-bond donors (Lipinski definition) is 2. The number of phenols is 2. The van der Waals surface area contributed by atoms with Crippen LogP contribution in [0.25, 0.3) is 0 Å². The normalized spacial score (nSPS) is 9.64. The van der Waals surface area contributed by atoms with Crippen LogP contribution in [0.15, 0.2) is 12.1 Å². The van der Waals surface area contributed by atoms with Gasteiger partial charge in [0.2, 0.25) is 0 Å². The van der Waals surface area contributed by atoms with Crippen molar-refractivity contribution < 1.29 is 14.9 Å². The fourth-order valence-electron chi connectivity index (χ4n) is 0.846. The molecule has 0 saturated carbocycles. The highest BCUT2D eigenvalue weighted by molar-refractivity contribution is 5.49. The topological polar surface area (TPSA) is 49.7 Å². The van der Waals surface area contributed by atoms with Gasteiger partial charge in [-0.15, -0.1) is 0 Å². The fourth-order valence-corrected chi connectivity index (χ4v) is 0.846. The van der Waals surface area contributed by atoms with Crippen molar-refractivity contribution in [1.82, 2.24) is 0 Å². The van der Waals surface area contributed by atoms with E-state index in [2.05, 4.69) is 0 Å². The molecule has 0 atom stereocenters. The van der Waals surface area contributed by atoms with E-state index in [4.69, 9.17) is 14.9 Å². The van der Waals surface area contributed by atoms with Gasteiger partial charge in [0.05, 0.1) is 7.11 Å². The van der Waals surface area contributed by atoms with Crippen LogP contribution in [0, 0.1) is 6.92 Å². The Morgan fingerprint density at radius 2 is 1.91 bits per heavy atom. The van der Waals surface area contributed by atoms with Crippen LogP contribution in [0.3, 0.4) is 0 Å². The molecule has 11 heavy (non-hydrogen) atoms. The van der Waals surface area contributed by atoms with Gasteiger partial charge in [-0.1, -0.05) is 0 Å². The number of ether oxygens (including phenoxy) is 1. The smallest absolute Gasteiger partial charge is 0.161 e. The fraction of sp³-hybridized carbons (Fsp3) is 0.250. The van der Waals surface area contributed by atoms with Gasteiger partial charge in [0.25, 0.3) is 0 Å². The van der Waals surface area contributed by atoms with Crippen LogP contribution in [-0.2, 0) is 0 Å². The summed E-state index contributed by atoms with van der Waals surface area (Å²) in [5.74, 6) is 0.297. The van der Waals surface area contributed by atoms with Crippen molar-refractivity contribution in [3.05, 3.63) is 17.7 Å². The first-order chi connectivity index (χ1) is 5.15. The van der Waals surface area contributed by atoms with Gasteiger partial charge in [-0.3, -0.25) is 0 Å². The van der Waals surface area contributed by atoms with Crippen LogP contribution in [0.4, 0.5) is 0 Å². The standard InChI is InChI=1S/C8H10O3/c1-5-3-6(11-2)4-7(9)8(5)10/h3-4,9-10H,1-2H3. The SMILES string of the molecule is COc1cc(C)c(O)c(O)c1. The maximum Gasteiger partial charge on any atom is 0.161 e. The largest absolute Gasteiger partial charge is 0.504 e. The summed E-state index contributed by atoms with van der Waals surface area (Å²) < 4.78 is 4.86. The molecule has 60 valence electrons. The maximum absolute atomic E-state index is 9.12. The zero-order valence-electron chi connectivity index (χ0n) is 6.46. The van der Waals surface area contributed by atoms with E-state index in [1.807, 2.05) is 0 Å². The van der Waals surface area contributed by atoms with E-state index >= 15 is 0 Å². The van der Waals surface area contributed by atoms with Gasteiger partial charge in [0.1, 0.15) is 5.75 Å². The van der Waals surface area contributed by atoms with Crippen molar-refractivity contribution >= 4 is 0 Å². The summed E-state index contributed by atoms with van der Waals surface area (Å²) in [5.41, 5.74) is 0.599. The number of benzene rings is 1. The van der Waals surface area contributed by atoms with Gasteiger partial charge >= 0.3 is 0 Å². The zero-order valence-corrected chi connectivity index (χ0v) is 6.46. The summed E-state index contributed by atoms with van der Waals surface area (Å²) >= 11 is 0. The highest BCUT2D eigenvalue weighted by Crippen LogP contribution is 2.32. The van der Waals surface area contributed by atoms with E-state index in [0.29, 0.717) is 11.3 Å². The van der Waals surface area contributed by atoms with E-state index in [1.54, 1.807) is 13.0 Å². The molecule has 3 nitrogen and oxygen atoms in total. The minimum absolute atomic E-state index is 0.0919. The van der Waals surface area contributed by atoms with Crippen molar-refractivity contribution in [1.29, 1.82) is 0 Å². The summed E-state index contributed by atoms with van der Waals surface area (Å²) in [4.78, 5) is 0. The van der Waals surface area contributed by atoms with E-state index in [-0.39, 0.29) is 11.5 Å². The molecule has 0 amide bonds. The third-order valence-electron chi connectivity index (χ3n) is 1.49. The molecule has 0 aliphatic rings. The zero-order chi connectivity index (χ0) is 8.43. The van der Waals surface area contributed by atoms with Gasteiger partial charge in [-0.25, -0.2) is 0 Å². The monoisotopic (exact) mass is 154 g/mol. The third-order valence-corrected chi connectivity index (χ3v) is 1.49. The lowest BCUT2D eigenvalue weighted by Crippen LogP contribution is -1.84. The quantitative estimate of drug-likeness (QED) is 0.601. The molecule has 3 heteroatoms. The average molecular weight is 154 g/mol. The molecule has 0 unspecified atom stereocenters. The lowest BCUT2D eigenvalue weighted by molar-refractivity contribution is 0.384. The highest BCUT2D eigenvalue weighted by Gasteiger charge is 2.04. The molecule has 1 rings (SSSR count). The predicted molar refractivity (Wildman–Crippen MR) is 41.1 cm³/mol. The Labute approximate surface area is 64.9 Å². The lowest BCUT2D eigenvalue weighted by Gasteiger charge is -2.04. The van der Waals surface area contributed by atoms with Crippen LogP contribution in [0.5, 0.6) is 17.2 Å². The second kappa shape index (κ2) is 2.70. The van der Waals surface area contributed by atoms with Crippen LogP contribution in [-0.4, -0.2) is 17.3 Å². The third kappa shape index (κ3) is 1.37. The van der Waals surface area contributed by atoms with Gasteiger partial charge in [0.15, 0.2) is 11.5 Å². The first-order valence-corrected chi connectivity index (χ1v) is 3.21. The summed E-state index contributed by atoms with van der Waals surface area (Å²) in [6.45, 7) is 1.69. The van der Waals surface area contributed by atoms with Crippen LogP contribution < -0.4 is 4.74 Å². The molecular weight excluding hydrogens is 144 g/mol. The molecule has 2 N–H and O–H groups in total. The Balaban J connectivity index is 3.21.